The van der Waals surface area contributed by atoms with E-state index in [0.717, 1.165) is 16.1 Å². The van der Waals surface area contributed by atoms with Crippen molar-refractivity contribution in [2.75, 3.05) is 0 Å². The van der Waals surface area contributed by atoms with Crippen molar-refractivity contribution in [2.45, 2.75) is 38.7 Å². The van der Waals surface area contributed by atoms with E-state index in [1.165, 1.54) is 11.5 Å². The molecule has 0 saturated heterocycles. The fourth-order valence-corrected chi connectivity index (χ4v) is 2.62. The monoisotopic (exact) mass is 263 g/mol. The molecule has 5 heteroatoms. The van der Waals surface area contributed by atoms with Crippen molar-refractivity contribution in [1.82, 2.24) is 14.6 Å². The molecule has 0 aliphatic heterocycles. The standard InChI is InChI=1S/C13H17N3OS/c1-13(2,3)12-11(18-16-15-12)10(17)8-9-4-6-14-7-5-9/h4-7,10,17H,8H2,1-3H3. The van der Waals surface area contributed by atoms with Gasteiger partial charge in [0.05, 0.1) is 16.7 Å². The zero-order valence-corrected chi connectivity index (χ0v) is 11.6. The van der Waals surface area contributed by atoms with Crippen molar-refractivity contribution in [2.24, 2.45) is 0 Å². The largest absolute Gasteiger partial charge is 0.387 e. The van der Waals surface area contributed by atoms with Crippen LogP contribution in [-0.2, 0) is 11.8 Å². The van der Waals surface area contributed by atoms with Crippen molar-refractivity contribution in [3.05, 3.63) is 40.7 Å². The summed E-state index contributed by atoms with van der Waals surface area (Å²) in [5.74, 6) is 0. The number of aliphatic hydroxyl groups excluding tert-OH is 1. The van der Waals surface area contributed by atoms with E-state index in [9.17, 15) is 5.11 Å². The van der Waals surface area contributed by atoms with Gasteiger partial charge in [-0.2, -0.15) is 0 Å². The Bertz CT molecular complexity index is 504. The molecule has 1 atom stereocenters. The Labute approximate surface area is 111 Å². The molecule has 0 bridgehead atoms. The van der Waals surface area contributed by atoms with Crippen LogP contribution in [0.5, 0.6) is 0 Å². The molecule has 2 rings (SSSR count). The van der Waals surface area contributed by atoms with Crippen LogP contribution in [-0.4, -0.2) is 19.7 Å². The number of pyridine rings is 1. The molecule has 0 amide bonds. The normalized spacial score (nSPS) is 13.6. The zero-order valence-electron chi connectivity index (χ0n) is 10.8. The molecule has 0 aliphatic carbocycles. The van der Waals surface area contributed by atoms with Crippen LogP contribution in [0.15, 0.2) is 24.5 Å². The summed E-state index contributed by atoms with van der Waals surface area (Å²) < 4.78 is 3.97. The van der Waals surface area contributed by atoms with Gasteiger partial charge in [-0.25, -0.2) is 0 Å². The molecule has 96 valence electrons. The molecule has 1 N–H and O–H groups in total. The maximum absolute atomic E-state index is 10.3. The summed E-state index contributed by atoms with van der Waals surface area (Å²) in [6.07, 6.45) is 3.48. The molecule has 0 aliphatic rings. The SMILES string of the molecule is CC(C)(C)c1nnsc1C(O)Cc1ccncc1. The summed E-state index contributed by atoms with van der Waals surface area (Å²) in [7, 11) is 0. The van der Waals surface area contributed by atoms with E-state index in [2.05, 4.69) is 35.3 Å². The first kappa shape index (κ1) is 13.1. The minimum absolute atomic E-state index is 0.0957. The molecule has 1 unspecified atom stereocenters. The maximum atomic E-state index is 10.3. The van der Waals surface area contributed by atoms with Crippen molar-refractivity contribution in [3.63, 3.8) is 0 Å². The highest BCUT2D eigenvalue weighted by Crippen LogP contribution is 2.31. The van der Waals surface area contributed by atoms with Gasteiger partial charge in [-0.05, 0) is 29.2 Å². The van der Waals surface area contributed by atoms with Crippen LogP contribution >= 0.6 is 11.5 Å². The highest BCUT2D eigenvalue weighted by molar-refractivity contribution is 7.05. The number of hydrogen-bond donors (Lipinski definition) is 1. The van der Waals surface area contributed by atoms with E-state index in [-0.39, 0.29) is 5.41 Å². The van der Waals surface area contributed by atoms with E-state index < -0.39 is 6.10 Å². The lowest BCUT2D eigenvalue weighted by Crippen LogP contribution is -2.16. The van der Waals surface area contributed by atoms with Crippen molar-refractivity contribution in [1.29, 1.82) is 0 Å². The number of rotatable bonds is 3. The third kappa shape index (κ3) is 2.91. The molecule has 0 fully saturated rings. The Balaban J connectivity index is 2.20. The quantitative estimate of drug-likeness (QED) is 0.924. The average Bonchev–Trinajstić information content (AvgIpc) is 2.79. The predicted molar refractivity (Wildman–Crippen MR) is 71.5 cm³/mol. The molecule has 0 spiro atoms. The molecule has 18 heavy (non-hydrogen) atoms. The lowest BCUT2D eigenvalue weighted by atomic mass is 9.89. The van der Waals surface area contributed by atoms with E-state index in [0.29, 0.717) is 6.42 Å². The average molecular weight is 263 g/mol. The van der Waals surface area contributed by atoms with Gasteiger partial charge in [-0.3, -0.25) is 4.98 Å². The second-order valence-corrected chi connectivity index (χ2v) is 6.10. The fourth-order valence-electron chi connectivity index (χ4n) is 1.77. The van der Waals surface area contributed by atoms with Crippen molar-refractivity contribution in [3.8, 4) is 0 Å². The number of aliphatic hydroxyl groups is 1. The Morgan fingerprint density at radius 2 is 1.94 bits per heavy atom. The molecule has 0 saturated carbocycles. The van der Waals surface area contributed by atoms with Crippen molar-refractivity contribution >= 4 is 11.5 Å². The summed E-state index contributed by atoms with van der Waals surface area (Å²) in [6, 6.07) is 3.82. The first-order valence-electron chi connectivity index (χ1n) is 5.88. The van der Waals surface area contributed by atoms with Crippen LogP contribution in [0.2, 0.25) is 0 Å². The van der Waals surface area contributed by atoms with Gasteiger partial charge in [0.2, 0.25) is 0 Å². The van der Waals surface area contributed by atoms with E-state index in [1.807, 2.05) is 12.1 Å². The number of nitrogens with zero attached hydrogens (tertiary/aromatic N) is 3. The highest BCUT2D eigenvalue weighted by Gasteiger charge is 2.26. The summed E-state index contributed by atoms with van der Waals surface area (Å²) in [6.45, 7) is 6.23. The Hall–Kier alpha value is -1.33. The molecule has 0 radical (unpaired) electrons. The fraction of sp³-hybridized carbons (Fsp3) is 0.462. The van der Waals surface area contributed by atoms with Crippen LogP contribution in [0, 0.1) is 0 Å². The zero-order chi connectivity index (χ0) is 13.2. The van der Waals surface area contributed by atoms with E-state index in [4.69, 9.17) is 0 Å². The van der Waals surface area contributed by atoms with Gasteiger partial charge < -0.3 is 5.11 Å². The Morgan fingerprint density at radius 3 is 2.56 bits per heavy atom. The molecule has 2 heterocycles. The molecule has 4 nitrogen and oxygen atoms in total. The van der Waals surface area contributed by atoms with Gasteiger partial charge in [0.25, 0.3) is 0 Å². The van der Waals surface area contributed by atoms with Crippen LogP contribution in [0.1, 0.15) is 43.0 Å². The summed E-state index contributed by atoms with van der Waals surface area (Å²) in [5, 5.41) is 14.5. The minimum atomic E-state index is -0.554. The molecular weight excluding hydrogens is 246 g/mol. The Morgan fingerprint density at radius 1 is 1.28 bits per heavy atom. The van der Waals surface area contributed by atoms with E-state index in [1.54, 1.807) is 12.4 Å². The number of hydrogen-bond acceptors (Lipinski definition) is 5. The minimum Gasteiger partial charge on any atom is -0.387 e. The molecule has 2 aromatic heterocycles. The maximum Gasteiger partial charge on any atom is 0.0957 e. The van der Waals surface area contributed by atoms with Gasteiger partial charge in [-0.1, -0.05) is 25.3 Å². The van der Waals surface area contributed by atoms with Crippen molar-refractivity contribution < 1.29 is 5.11 Å². The van der Waals surface area contributed by atoms with Gasteiger partial charge in [0.15, 0.2) is 0 Å². The lowest BCUT2D eigenvalue weighted by Gasteiger charge is -2.18. The first-order chi connectivity index (χ1) is 8.48. The van der Waals surface area contributed by atoms with Gasteiger partial charge in [-0.15, -0.1) is 5.10 Å². The van der Waals surface area contributed by atoms with Crippen LogP contribution < -0.4 is 0 Å². The van der Waals surface area contributed by atoms with Gasteiger partial charge in [0.1, 0.15) is 0 Å². The summed E-state index contributed by atoms with van der Waals surface area (Å²) in [4.78, 5) is 4.83. The summed E-state index contributed by atoms with van der Waals surface area (Å²) in [5.41, 5.74) is 1.85. The highest BCUT2D eigenvalue weighted by atomic mass is 32.1. The third-order valence-electron chi connectivity index (χ3n) is 2.70. The molecular formula is C13H17N3OS. The smallest absolute Gasteiger partial charge is 0.0957 e. The Kier molecular flexibility index (Phi) is 3.73. The third-order valence-corrected chi connectivity index (χ3v) is 3.53. The predicted octanol–water partition coefficient (Wildman–Crippen LogP) is 2.51. The number of aromatic nitrogens is 3. The van der Waals surface area contributed by atoms with Gasteiger partial charge in [0, 0.05) is 24.2 Å². The first-order valence-corrected chi connectivity index (χ1v) is 6.65. The second-order valence-electron chi connectivity index (χ2n) is 5.31. The molecule has 0 aromatic carbocycles. The van der Waals surface area contributed by atoms with Crippen LogP contribution in [0.25, 0.3) is 0 Å². The molecule has 2 aromatic rings. The lowest BCUT2D eigenvalue weighted by molar-refractivity contribution is 0.179. The topological polar surface area (TPSA) is 58.9 Å². The second kappa shape index (κ2) is 5.12. The summed E-state index contributed by atoms with van der Waals surface area (Å²) >= 11 is 1.28. The van der Waals surface area contributed by atoms with Crippen LogP contribution in [0.3, 0.4) is 0 Å². The van der Waals surface area contributed by atoms with Gasteiger partial charge >= 0.3 is 0 Å². The van der Waals surface area contributed by atoms with Crippen LogP contribution in [0.4, 0.5) is 0 Å². The van der Waals surface area contributed by atoms with E-state index >= 15 is 0 Å².